The number of aromatic nitrogens is 1. The van der Waals surface area contributed by atoms with Crippen molar-refractivity contribution in [3.8, 4) is 12.3 Å². The van der Waals surface area contributed by atoms with Gasteiger partial charge >= 0.3 is 0 Å². The maximum Gasteiger partial charge on any atom is 0.298 e. The molecule has 1 aromatic heterocycles. The smallest absolute Gasteiger partial charge is 0.298 e. The van der Waals surface area contributed by atoms with Gasteiger partial charge in [-0.05, 0) is 6.92 Å². The third-order valence-corrected chi connectivity index (χ3v) is 1.68. The molecule has 2 N–H and O–H groups in total. The predicted octanol–water partition coefficient (Wildman–Crippen LogP) is 0.593. The molecule has 1 aromatic rings. The summed E-state index contributed by atoms with van der Waals surface area (Å²) in [5.41, 5.74) is 6.14. The molecule has 4 nitrogen and oxygen atoms in total. The van der Waals surface area contributed by atoms with E-state index in [1.54, 1.807) is 6.26 Å². The minimum Gasteiger partial charge on any atom is -0.432 e. The van der Waals surface area contributed by atoms with Gasteiger partial charge in [-0.1, -0.05) is 5.92 Å². The van der Waals surface area contributed by atoms with E-state index in [9.17, 15) is 0 Å². The van der Waals surface area contributed by atoms with Crippen molar-refractivity contribution in [1.82, 2.24) is 4.98 Å². The molecule has 0 unspecified atom stereocenters. The Hall–Kier alpha value is -1.47. The molecule has 0 aromatic carbocycles. The summed E-state index contributed by atoms with van der Waals surface area (Å²) in [4.78, 5) is 6.02. The molecule has 0 amide bonds. The monoisotopic (exact) mass is 179 g/mol. The number of nitrogens with zero attached hydrogens (tertiary/aromatic N) is 2. The molecule has 0 aliphatic carbocycles. The lowest BCUT2D eigenvalue weighted by molar-refractivity contribution is 0.543. The number of anilines is 1. The van der Waals surface area contributed by atoms with Gasteiger partial charge in [-0.15, -0.1) is 6.42 Å². The largest absolute Gasteiger partial charge is 0.432 e. The van der Waals surface area contributed by atoms with Crippen LogP contribution in [0.25, 0.3) is 0 Å². The van der Waals surface area contributed by atoms with Crippen LogP contribution in [0, 0.1) is 12.3 Å². The molecule has 0 saturated carbocycles. The maximum atomic E-state index is 5.40. The Balaban J connectivity index is 2.74. The normalized spacial score (nSPS) is 9.62. The van der Waals surface area contributed by atoms with Crippen LogP contribution in [0.1, 0.15) is 12.6 Å². The third kappa shape index (κ3) is 2.23. The summed E-state index contributed by atoms with van der Waals surface area (Å²) in [7, 11) is 0. The standard InChI is InChI=1S/C9H13N3O/c1-3-5-12(4-2)9-11-8(6-10)7-13-9/h1,7H,4-6,10H2,2H3. The number of hydrogen-bond donors (Lipinski definition) is 1. The summed E-state index contributed by atoms with van der Waals surface area (Å²) in [6.07, 6.45) is 6.75. The SMILES string of the molecule is C#CCN(CC)c1nc(CN)co1. The molecule has 4 heteroatoms. The summed E-state index contributed by atoms with van der Waals surface area (Å²) < 4.78 is 5.20. The van der Waals surface area contributed by atoms with E-state index >= 15 is 0 Å². The molecule has 0 fully saturated rings. The van der Waals surface area contributed by atoms with Gasteiger partial charge in [0.15, 0.2) is 0 Å². The molecule has 70 valence electrons. The number of nitrogens with two attached hydrogens (primary N) is 1. The second kappa shape index (κ2) is 4.53. The third-order valence-electron chi connectivity index (χ3n) is 1.68. The van der Waals surface area contributed by atoms with Crippen LogP contribution in [0.3, 0.4) is 0 Å². The highest BCUT2D eigenvalue weighted by molar-refractivity contribution is 5.29. The van der Waals surface area contributed by atoms with E-state index < -0.39 is 0 Å². The average molecular weight is 179 g/mol. The van der Waals surface area contributed by atoms with Crippen molar-refractivity contribution in [2.75, 3.05) is 18.0 Å². The minimum absolute atomic E-state index is 0.386. The van der Waals surface area contributed by atoms with Crippen molar-refractivity contribution >= 4 is 6.01 Å². The Morgan fingerprint density at radius 3 is 3.00 bits per heavy atom. The number of terminal acetylenes is 1. The van der Waals surface area contributed by atoms with E-state index in [1.165, 1.54) is 0 Å². The van der Waals surface area contributed by atoms with Gasteiger partial charge in [0.25, 0.3) is 6.01 Å². The highest BCUT2D eigenvalue weighted by Gasteiger charge is 2.08. The van der Waals surface area contributed by atoms with Crippen molar-refractivity contribution in [2.45, 2.75) is 13.5 Å². The number of hydrogen-bond acceptors (Lipinski definition) is 4. The molecule has 0 radical (unpaired) electrons. The van der Waals surface area contributed by atoms with E-state index in [1.807, 2.05) is 11.8 Å². The summed E-state index contributed by atoms with van der Waals surface area (Å²) in [6, 6.07) is 0.543. The Morgan fingerprint density at radius 2 is 2.54 bits per heavy atom. The first-order valence-corrected chi connectivity index (χ1v) is 4.14. The quantitative estimate of drug-likeness (QED) is 0.687. The van der Waals surface area contributed by atoms with Crippen LogP contribution < -0.4 is 10.6 Å². The average Bonchev–Trinajstić information content (AvgIpc) is 2.62. The van der Waals surface area contributed by atoms with E-state index in [4.69, 9.17) is 16.6 Å². The zero-order valence-corrected chi connectivity index (χ0v) is 7.66. The van der Waals surface area contributed by atoms with Gasteiger partial charge < -0.3 is 15.1 Å². The lowest BCUT2D eigenvalue weighted by Crippen LogP contribution is -2.23. The van der Waals surface area contributed by atoms with Gasteiger partial charge in [-0.25, -0.2) is 0 Å². The first-order valence-electron chi connectivity index (χ1n) is 4.14. The molecule has 1 rings (SSSR count). The highest BCUT2D eigenvalue weighted by atomic mass is 16.4. The second-order valence-electron chi connectivity index (χ2n) is 2.54. The van der Waals surface area contributed by atoms with Gasteiger partial charge in [0.2, 0.25) is 0 Å². The highest BCUT2D eigenvalue weighted by Crippen LogP contribution is 2.12. The van der Waals surface area contributed by atoms with Crippen molar-refractivity contribution in [3.63, 3.8) is 0 Å². The summed E-state index contributed by atoms with van der Waals surface area (Å²) in [6.45, 7) is 3.65. The van der Waals surface area contributed by atoms with Gasteiger partial charge in [0.05, 0.1) is 12.2 Å². The summed E-state index contributed by atoms with van der Waals surface area (Å²) in [5, 5.41) is 0. The van der Waals surface area contributed by atoms with Crippen molar-refractivity contribution < 1.29 is 4.42 Å². The van der Waals surface area contributed by atoms with Gasteiger partial charge in [0.1, 0.15) is 6.26 Å². The zero-order chi connectivity index (χ0) is 9.68. The van der Waals surface area contributed by atoms with Crippen LogP contribution in [-0.4, -0.2) is 18.1 Å². The Bertz CT molecular complexity index is 300. The fourth-order valence-electron chi connectivity index (χ4n) is 0.960. The lowest BCUT2D eigenvalue weighted by Gasteiger charge is -2.13. The van der Waals surface area contributed by atoms with Gasteiger partial charge in [-0.2, -0.15) is 4.98 Å². The maximum absolute atomic E-state index is 5.40. The van der Waals surface area contributed by atoms with Crippen LogP contribution in [0.15, 0.2) is 10.7 Å². The molecule has 1 heterocycles. The molecule has 0 bridgehead atoms. The van der Waals surface area contributed by atoms with Crippen LogP contribution in [0.2, 0.25) is 0 Å². The molecule has 13 heavy (non-hydrogen) atoms. The number of oxazole rings is 1. The van der Waals surface area contributed by atoms with E-state index in [0.29, 0.717) is 19.1 Å². The molecule has 0 aliphatic rings. The first kappa shape index (κ1) is 9.62. The van der Waals surface area contributed by atoms with Crippen molar-refractivity contribution in [3.05, 3.63) is 12.0 Å². The van der Waals surface area contributed by atoms with Gasteiger partial charge in [0, 0.05) is 13.1 Å². The molecule has 0 saturated heterocycles. The minimum atomic E-state index is 0.386. The molecular formula is C9H13N3O. The topological polar surface area (TPSA) is 55.3 Å². The van der Waals surface area contributed by atoms with E-state index in [2.05, 4.69) is 10.9 Å². The Labute approximate surface area is 77.7 Å². The lowest BCUT2D eigenvalue weighted by atomic mass is 10.5. The molecular weight excluding hydrogens is 166 g/mol. The molecule has 0 aliphatic heterocycles. The predicted molar refractivity (Wildman–Crippen MR) is 51.1 cm³/mol. The van der Waals surface area contributed by atoms with E-state index in [0.717, 1.165) is 12.2 Å². The van der Waals surface area contributed by atoms with Crippen molar-refractivity contribution in [1.29, 1.82) is 0 Å². The van der Waals surface area contributed by atoms with Crippen LogP contribution in [0.4, 0.5) is 6.01 Å². The van der Waals surface area contributed by atoms with Crippen LogP contribution in [-0.2, 0) is 6.54 Å². The van der Waals surface area contributed by atoms with Crippen molar-refractivity contribution in [2.24, 2.45) is 5.73 Å². The van der Waals surface area contributed by atoms with E-state index in [-0.39, 0.29) is 0 Å². The van der Waals surface area contributed by atoms with Gasteiger partial charge in [-0.3, -0.25) is 0 Å². The molecule has 0 atom stereocenters. The summed E-state index contributed by atoms with van der Waals surface area (Å²) >= 11 is 0. The second-order valence-corrected chi connectivity index (χ2v) is 2.54. The fourth-order valence-corrected chi connectivity index (χ4v) is 0.960. The summed E-state index contributed by atoms with van der Waals surface area (Å²) in [5.74, 6) is 2.54. The van der Waals surface area contributed by atoms with Crippen LogP contribution in [0.5, 0.6) is 0 Å². The van der Waals surface area contributed by atoms with Crippen LogP contribution >= 0.6 is 0 Å². The zero-order valence-electron chi connectivity index (χ0n) is 7.66. The Morgan fingerprint density at radius 1 is 1.77 bits per heavy atom. The molecule has 0 spiro atoms. The first-order chi connectivity index (χ1) is 6.31. The number of rotatable bonds is 4. The Kier molecular flexibility index (Phi) is 3.35. The fraction of sp³-hybridized carbons (Fsp3) is 0.444.